The maximum absolute atomic E-state index is 3.59. The highest BCUT2D eigenvalue weighted by atomic mass is 14.9. The van der Waals surface area contributed by atoms with Crippen molar-refractivity contribution in [2.24, 2.45) is 5.41 Å². The molecule has 0 saturated heterocycles. The summed E-state index contributed by atoms with van der Waals surface area (Å²) >= 11 is 0. The highest BCUT2D eigenvalue weighted by molar-refractivity contribution is 5.03. The van der Waals surface area contributed by atoms with Gasteiger partial charge in [-0.15, -0.1) is 0 Å². The van der Waals surface area contributed by atoms with E-state index in [4.69, 9.17) is 0 Å². The van der Waals surface area contributed by atoms with E-state index in [1.807, 2.05) is 6.20 Å². The van der Waals surface area contributed by atoms with Crippen molar-refractivity contribution in [3.63, 3.8) is 0 Å². The minimum atomic E-state index is 0.604. The van der Waals surface area contributed by atoms with Crippen molar-refractivity contribution in [1.29, 1.82) is 0 Å². The molecule has 1 saturated carbocycles. The van der Waals surface area contributed by atoms with E-state index in [-0.39, 0.29) is 0 Å². The van der Waals surface area contributed by atoms with Gasteiger partial charge in [0.05, 0.1) is 0 Å². The quantitative estimate of drug-likeness (QED) is 0.761. The van der Waals surface area contributed by atoms with Crippen molar-refractivity contribution in [2.75, 3.05) is 6.54 Å². The zero-order valence-electron chi connectivity index (χ0n) is 9.68. The van der Waals surface area contributed by atoms with Gasteiger partial charge in [-0.1, -0.05) is 19.8 Å². The average Bonchev–Trinajstić information content (AvgIpc) is 2.89. The average molecular weight is 206 g/mol. The molecule has 1 aliphatic carbocycles. The van der Waals surface area contributed by atoms with Gasteiger partial charge in [0.1, 0.15) is 0 Å². The topological polar surface area (TPSA) is 27.8 Å². The second kappa shape index (κ2) is 4.84. The molecule has 1 heterocycles. The first-order valence-corrected chi connectivity index (χ1v) is 6.18. The maximum Gasteiger partial charge on any atom is 0.0357 e. The monoisotopic (exact) mass is 206 g/mol. The Labute approximate surface area is 92.5 Å². The number of aromatic nitrogens is 1. The summed E-state index contributed by atoms with van der Waals surface area (Å²) in [4.78, 5) is 3.23. The lowest BCUT2D eigenvalue weighted by Crippen LogP contribution is -2.31. The summed E-state index contributed by atoms with van der Waals surface area (Å²) < 4.78 is 0. The molecule has 0 amide bonds. The zero-order valence-corrected chi connectivity index (χ0v) is 9.68. The number of hydrogen-bond acceptors (Lipinski definition) is 1. The molecule has 0 unspecified atom stereocenters. The lowest BCUT2D eigenvalue weighted by molar-refractivity contribution is 0.268. The second-order valence-electron chi connectivity index (χ2n) is 4.86. The van der Waals surface area contributed by atoms with Crippen molar-refractivity contribution in [1.82, 2.24) is 10.3 Å². The van der Waals surface area contributed by atoms with Gasteiger partial charge in [0, 0.05) is 25.0 Å². The van der Waals surface area contributed by atoms with Gasteiger partial charge in [-0.2, -0.15) is 0 Å². The molecule has 0 aliphatic heterocycles. The molecule has 0 radical (unpaired) electrons. The summed E-state index contributed by atoms with van der Waals surface area (Å²) in [7, 11) is 0. The first kappa shape index (κ1) is 10.7. The van der Waals surface area contributed by atoms with Crippen molar-refractivity contribution in [3.05, 3.63) is 24.0 Å². The van der Waals surface area contributed by atoms with Crippen LogP contribution < -0.4 is 5.32 Å². The molecule has 2 heteroatoms. The zero-order chi connectivity index (χ0) is 10.6. The Balaban J connectivity index is 1.77. The van der Waals surface area contributed by atoms with Gasteiger partial charge in [0.25, 0.3) is 0 Å². The standard InChI is InChI=1S/C13H22N2/c1-2-13(7-3-4-8-13)11-14-10-12-6-5-9-15-12/h5-6,9,14-15H,2-4,7-8,10-11H2,1H3. The van der Waals surface area contributed by atoms with Crippen LogP contribution in [0.5, 0.6) is 0 Å². The molecule has 2 rings (SSSR count). The van der Waals surface area contributed by atoms with Crippen LogP contribution in [-0.2, 0) is 6.54 Å². The van der Waals surface area contributed by atoms with Crippen LogP contribution in [-0.4, -0.2) is 11.5 Å². The molecule has 1 aromatic rings. The first-order valence-electron chi connectivity index (χ1n) is 6.18. The number of rotatable bonds is 5. The third kappa shape index (κ3) is 2.63. The van der Waals surface area contributed by atoms with E-state index >= 15 is 0 Å². The van der Waals surface area contributed by atoms with Crippen LogP contribution in [0.4, 0.5) is 0 Å². The molecule has 2 N–H and O–H groups in total. The Morgan fingerprint density at radius 2 is 2.20 bits per heavy atom. The molecule has 15 heavy (non-hydrogen) atoms. The molecule has 0 aromatic carbocycles. The van der Waals surface area contributed by atoms with Crippen molar-refractivity contribution in [2.45, 2.75) is 45.6 Å². The summed E-state index contributed by atoms with van der Waals surface area (Å²) in [6.45, 7) is 4.50. The van der Waals surface area contributed by atoms with Gasteiger partial charge < -0.3 is 10.3 Å². The molecule has 0 spiro atoms. The van der Waals surface area contributed by atoms with Crippen LogP contribution in [0.3, 0.4) is 0 Å². The molecule has 1 aromatic heterocycles. The number of nitrogens with one attached hydrogen (secondary N) is 2. The Morgan fingerprint density at radius 1 is 1.40 bits per heavy atom. The van der Waals surface area contributed by atoms with Crippen LogP contribution >= 0.6 is 0 Å². The van der Waals surface area contributed by atoms with Gasteiger partial charge in [-0.25, -0.2) is 0 Å². The molecule has 1 fully saturated rings. The predicted octanol–water partition coefficient (Wildman–Crippen LogP) is 3.07. The molecular formula is C13H22N2. The van der Waals surface area contributed by atoms with E-state index in [0.29, 0.717) is 5.41 Å². The number of H-pyrrole nitrogens is 1. The Morgan fingerprint density at radius 3 is 2.80 bits per heavy atom. The van der Waals surface area contributed by atoms with Crippen molar-refractivity contribution < 1.29 is 0 Å². The van der Waals surface area contributed by atoms with Crippen LogP contribution in [0.15, 0.2) is 18.3 Å². The third-order valence-electron chi connectivity index (χ3n) is 3.89. The number of aromatic amines is 1. The van der Waals surface area contributed by atoms with Crippen LogP contribution in [0.25, 0.3) is 0 Å². The van der Waals surface area contributed by atoms with Gasteiger partial charge in [-0.3, -0.25) is 0 Å². The normalized spacial score (nSPS) is 19.5. The highest BCUT2D eigenvalue weighted by Crippen LogP contribution is 2.40. The summed E-state index contributed by atoms with van der Waals surface area (Å²) in [5.41, 5.74) is 1.89. The Hall–Kier alpha value is -0.760. The van der Waals surface area contributed by atoms with Crippen LogP contribution in [0.2, 0.25) is 0 Å². The summed E-state index contributed by atoms with van der Waals surface area (Å²) in [6.07, 6.45) is 9.01. The summed E-state index contributed by atoms with van der Waals surface area (Å²) in [5.74, 6) is 0. The number of hydrogen-bond donors (Lipinski definition) is 2. The van der Waals surface area contributed by atoms with Crippen molar-refractivity contribution >= 4 is 0 Å². The van der Waals surface area contributed by atoms with E-state index in [1.165, 1.54) is 44.3 Å². The van der Waals surface area contributed by atoms with Crippen LogP contribution in [0, 0.1) is 5.41 Å². The molecule has 1 aliphatic rings. The van der Waals surface area contributed by atoms with E-state index in [1.54, 1.807) is 0 Å². The SMILES string of the molecule is CCC1(CNCc2ccc[nH]2)CCCC1. The fourth-order valence-electron chi connectivity index (χ4n) is 2.72. The van der Waals surface area contributed by atoms with E-state index in [0.717, 1.165) is 6.54 Å². The minimum absolute atomic E-state index is 0.604. The lowest BCUT2D eigenvalue weighted by atomic mass is 9.83. The molecule has 2 nitrogen and oxygen atoms in total. The fraction of sp³-hybridized carbons (Fsp3) is 0.692. The van der Waals surface area contributed by atoms with Gasteiger partial charge in [0.2, 0.25) is 0 Å². The predicted molar refractivity (Wildman–Crippen MR) is 63.7 cm³/mol. The summed E-state index contributed by atoms with van der Waals surface area (Å²) in [5, 5.41) is 3.59. The molecule has 0 bridgehead atoms. The molecule has 84 valence electrons. The summed E-state index contributed by atoms with van der Waals surface area (Å²) in [6, 6.07) is 4.20. The van der Waals surface area contributed by atoms with Gasteiger partial charge in [-0.05, 0) is 36.8 Å². The van der Waals surface area contributed by atoms with Gasteiger partial charge >= 0.3 is 0 Å². The third-order valence-corrected chi connectivity index (χ3v) is 3.89. The molecule has 0 atom stereocenters. The Kier molecular flexibility index (Phi) is 3.47. The maximum atomic E-state index is 3.59. The lowest BCUT2D eigenvalue weighted by Gasteiger charge is -2.27. The second-order valence-corrected chi connectivity index (χ2v) is 4.86. The van der Waals surface area contributed by atoms with Crippen molar-refractivity contribution in [3.8, 4) is 0 Å². The molecular weight excluding hydrogens is 184 g/mol. The fourth-order valence-corrected chi connectivity index (χ4v) is 2.72. The Bertz CT molecular complexity index is 271. The largest absolute Gasteiger partial charge is 0.364 e. The first-order chi connectivity index (χ1) is 7.35. The minimum Gasteiger partial charge on any atom is -0.364 e. The van der Waals surface area contributed by atoms with Crippen LogP contribution in [0.1, 0.15) is 44.7 Å². The highest BCUT2D eigenvalue weighted by Gasteiger charge is 2.31. The van der Waals surface area contributed by atoms with E-state index in [9.17, 15) is 0 Å². The van der Waals surface area contributed by atoms with E-state index in [2.05, 4.69) is 29.4 Å². The van der Waals surface area contributed by atoms with Gasteiger partial charge in [0.15, 0.2) is 0 Å². The van der Waals surface area contributed by atoms with E-state index < -0.39 is 0 Å². The smallest absolute Gasteiger partial charge is 0.0357 e.